The van der Waals surface area contributed by atoms with Gasteiger partial charge in [0.1, 0.15) is 6.10 Å². The van der Waals surface area contributed by atoms with E-state index in [1.54, 1.807) is 0 Å². The number of nitrogens with one attached hydrogen (secondary N) is 2. The van der Waals surface area contributed by atoms with E-state index >= 15 is 0 Å². The number of amides is 1. The molecule has 0 aliphatic carbocycles. The first-order chi connectivity index (χ1) is 8.81. The minimum atomic E-state index is -0.364. The lowest BCUT2D eigenvalue weighted by Gasteiger charge is -2.25. The number of hydrogen-bond acceptors (Lipinski definition) is 3. The van der Waals surface area contributed by atoms with Gasteiger partial charge in [-0.2, -0.15) is 0 Å². The van der Waals surface area contributed by atoms with Gasteiger partial charge in [-0.25, -0.2) is 0 Å². The average Bonchev–Trinajstić information content (AvgIpc) is 2.46. The van der Waals surface area contributed by atoms with Gasteiger partial charge >= 0.3 is 0 Å². The molecule has 1 aromatic rings. The molecule has 0 spiro atoms. The Morgan fingerprint density at radius 1 is 1.50 bits per heavy atom. The van der Waals surface area contributed by atoms with Gasteiger partial charge in [-0.15, -0.1) is 0 Å². The smallest absolute Gasteiger partial charge is 0.250 e. The summed E-state index contributed by atoms with van der Waals surface area (Å²) in [6.07, 6.45) is 0.507. The maximum atomic E-state index is 12.1. The van der Waals surface area contributed by atoms with E-state index in [2.05, 4.69) is 17.6 Å². The van der Waals surface area contributed by atoms with Crippen LogP contribution in [0.5, 0.6) is 0 Å². The minimum Gasteiger partial charge on any atom is -0.366 e. The Bertz CT molecular complexity index is 375. The maximum Gasteiger partial charge on any atom is 0.250 e. The summed E-state index contributed by atoms with van der Waals surface area (Å²) in [5.74, 6) is -0.0297. The van der Waals surface area contributed by atoms with Gasteiger partial charge in [0.15, 0.2) is 0 Å². The third-order valence-electron chi connectivity index (χ3n) is 3.15. The number of benzene rings is 1. The summed E-state index contributed by atoms with van der Waals surface area (Å²) < 4.78 is 5.45. The van der Waals surface area contributed by atoms with Gasteiger partial charge < -0.3 is 15.4 Å². The molecule has 1 aromatic carbocycles. The maximum absolute atomic E-state index is 12.1. The Kier molecular flexibility index (Phi) is 4.73. The summed E-state index contributed by atoms with van der Waals surface area (Å²) in [6.45, 7) is 4.08. The highest BCUT2D eigenvalue weighted by Gasteiger charge is 2.23. The molecule has 0 bridgehead atoms. The van der Waals surface area contributed by atoms with Crippen LogP contribution in [0.25, 0.3) is 0 Å². The van der Waals surface area contributed by atoms with E-state index in [0.717, 1.165) is 18.5 Å². The molecular weight excluding hydrogens is 228 g/mol. The van der Waals surface area contributed by atoms with E-state index in [-0.39, 0.29) is 18.1 Å². The van der Waals surface area contributed by atoms with Crippen LogP contribution in [0.4, 0.5) is 0 Å². The molecule has 1 aliphatic rings. The Morgan fingerprint density at radius 3 is 2.89 bits per heavy atom. The Morgan fingerprint density at radius 2 is 2.28 bits per heavy atom. The molecule has 2 rings (SSSR count). The fraction of sp³-hybridized carbons (Fsp3) is 0.500. The number of ether oxygens (including phenoxy) is 1. The first kappa shape index (κ1) is 13.1. The molecule has 1 aliphatic heterocycles. The highest BCUT2D eigenvalue weighted by atomic mass is 16.5. The van der Waals surface area contributed by atoms with Crippen molar-refractivity contribution in [2.75, 3.05) is 19.7 Å². The van der Waals surface area contributed by atoms with Gasteiger partial charge in [0, 0.05) is 13.1 Å². The van der Waals surface area contributed by atoms with E-state index in [9.17, 15) is 4.79 Å². The quantitative estimate of drug-likeness (QED) is 0.843. The van der Waals surface area contributed by atoms with Crippen LogP contribution in [-0.4, -0.2) is 31.7 Å². The fourth-order valence-corrected chi connectivity index (χ4v) is 2.10. The first-order valence-corrected chi connectivity index (χ1v) is 6.49. The summed E-state index contributed by atoms with van der Waals surface area (Å²) in [7, 11) is 0. The molecule has 18 heavy (non-hydrogen) atoms. The molecule has 2 unspecified atom stereocenters. The highest BCUT2D eigenvalue weighted by Crippen LogP contribution is 2.16. The van der Waals surface area contributed by atoms with Gasteiger partial charge in [0.05, 0.1) is 12.6 Å². The second-order valence-corrected chi connectivity index (χ2v) is 4.44. The topological polar surface area (TPSA) is 50.4 Å². The van der Waals surface area contributed by atoms with Crippen molar-refractivity contribution in [3.05, 3.63) is 35.9 Å². The van der Waals surface area contributed by atoms with Gasteiger partial charge in [-0.05, 0) is 12.0 Å². The van der Waals surface area contributed by atoms with Crippen molar-refractivity contribution in [1.29, 1.82) is 0 Å². The van der Waals surface area contributed by atoms with Crippen LogP contribution in [-0.2, 0) is 9.53 Å². The SMILES string of the molecule is CCC(NC(=O)C1CNCCO1)c1ccccc1. The summed E-state index contributed by atoms with van der Waals surface area (Å²) >= 11 is 0. The zero-order chi connectivity index (χ0) is 12.8. The van der Waals surface area contributed by atoms with Gasteiger partial charge in [-0.1, -0.05) is 37.3 Å². The molecule has 98 valence electrons. The number of carbonyl (C=O) groups excluding carboxylic acids is 1. The predicted octanol–water partition coefficient (Wildman–Crippen LogP) is 1.24. The molecule has 2 atom stereocenters. The van der Waals surface area contributed by atoms with E-state index in [4.69, 9.17) is 4.74 Å². The van der Waals surface area contributed by atoms with Gasteiger partial charge in [-0.3, -0.25) is 4.79 Å². The third kappa shape index (κ3) is 3.31. The molecular formula is C14H20N2O2. The second kappa shape index (κ2) is 6.52. The predicted molar refractivity (Wildman–Crippen MR) is 70.2 cm³/mol. The lowest BCUT2D eigenvalue weighted by atomic mass is 10.0. The largest absolute Gasteiger partial charge is 0.366 e. The van der Waals surface area contributed by atoms with Crippen LogP contribution < -0.4 is 10.6 Å². The number of morpholine rings is 1. The molecule has 2 N–H and O–H groups in total. The Hall–Kier alpha value is -1.39. The number of hydrogen-bond donors (Lipinski definition) is 2. The van der Waals surface area contributed by atoms with Crippen molar-refractivity contribution in [2.24, 2.45) is 0 Å². The van der Waals surface area contributed by atoms with Crippen LogP contribution in [0, 0.1) is 0 Å². The summed E-state index contributed by atoms with van der Waals surface area (Å²) in [5, 5.41) is 6.21. The lowest BCUT2D eigenvalue weighted by Crippen LogP contribution is -2.48. The van der Waals surface area contributed by atoms with Gasteiger partial charge in [0.25, 0.3) is 5.91 Å². The van der Waals surface area contributed by atoms with Crippen molar-refractivity contribution < 1.29 is 9.53 Å². The molecule has 0 radical (unpaired) electrons. The van der Waals surface area contributed by atoms with Crippen LogP contribution in [0.3, 0.4) is 0 Å². The van der Waals surface area contributed by atoms with Crippen LogP contribution in [0.1, 0.15) is 24.9 Å². The normalized spacial score (nSPS) is 21.3. The van der Waals surface area contributed by atoms with E-state index < -0.39 is 0 Å². The monoisotopic (exact) mass is 248 g/mol. The van der Waals surface area contributed by atoms with Crippen LogP contribution in [0.2, 0.25) is 0 Å². The highest BCUT2D eigenvalue weighted by molar-refractivity contribution is 5.81. The third-order valence-corrected chi connectivity index (χ3v) is 3.15. The number of carbonyl (C=O) groups is 1. The first-order valence-electron chi connectivity index (χ1n) is 6.49. The average molecular weight is 248 g/mol. The van der Waals surface area contributed by atoms with E-state index in [1.165, 1.54) is 0 Å². The van der Waals surface area contributed by atoms with Crippen molar-refractivity contribution >= 4 is 5.91 Å². The lowest BCUT2D eigenvalue weighted by molar-refractivity contribution is -0.135. The van der Waals surface area contributed by atoms with Gasteiger partial charge in [0.2, 0.25) is 0 Å². The summed E-state index contributed by atoms with van der Waals surface area (Å²) in [6, 6.07) is 10.1. The zero-order valence-corrected chi connectivity index (χ0v) is 10.7. The summed E-state index contributed by atoms with van der Waals surface area (Å²) in [5.41, 5.74) is 1.14. The van der Waals surface area contributed by atoms with Crippen LogP contribution in [0.15, 0.2) is 30.3 Å². The van der Waals surface area contributed by atoms with Crippen molar-refractivity contribution in [2.45, 2.75) is 25.5 Å². The summed E-state index contributed by atoms with van der Waals surface area (Å²) in [4.78, 5) is 12.1. The number of rotatable bonds is 4. The molecule has 0 aromatic heterocycles. The zero-order valence-electron chi connectivity index (χ0n) is 10.7. The molecule has 4 heteroatoms. The molecule has 0 saturated carbocycles. The molecule has 4 nitrogen and oxygen atoms in total. The van der Waals surface area contributed by atoms with Crippen LogP contribution >= 0.6 is 0 Å². The minimum absolute atomic E-state index is 0.0297. The standard InChI is InChI=1S/C14H20N2O2/c1-2-12(11-6-4-3-5-7-11)16-14(17)13-10-15-8-9-18-13/h3-7,12-13,15H,2,8-10H2,1H3,(H,16,17). The van der Waals surface area contributed by atoms with Crippen molar-refractivity contribution in [3.63, 3.8) is 0 Å². The molecule has 1 saturated heterocycles. The van der Waals surface area contributed by atoms with Crippen molar-refractivity contribution in [3.8, 4) is 0 Å². The Labute approximate surface area is 108 Å². The molecule has 1 fully saturated rings. The second-order valence-electron chi connectivity index (χ2n) is 4.44. The van der Waals surface area contributed by atoms with E-state index in [1.807, 2.05) is 30.3 Å². The molecule has 1 amide bonds. The van der Waals surface area contributed by atoms with E-state index in [0.29, 0.717) is 13.2 Å². The Balaban J connectivity index is 1.95. The fourth-order valence-electron chi connectivity index (χ4n) is 2.10. The molecule has 1 heterocycles. The van der Waals surface area contributed by atoms with Crippen molar-refractivity contribution in [1.82, 2.24) is 10.6 Å².